The third-order valence-electron chi connectivity index (χ3n) is 9.56. The zero-order chi connectivity index (χ0) is 41.2. The number of aliphatic hydroxyl groups is 2. The van der Waals surface area contributed by atoms with Crippen LogP contribution >= 0.6 is 7.82 Å². The monoisotopic (exact) mass is 815 g/mol. The molecule has 0 spiro atoms. The molecule has 56 heavy (non-hydrogen) atoms. The lowest BCUT2D eigenvalue weighted by atomic mass is 10.0. The van der Waals surface area contributed by atoms with Gasteiger partial charge >= 0.3 is 19.8 Å². The molecule has 0 amide bonds. The van der Waals surface area contributed by atoms with Crippen molar-refractivity contribution in [1.29, 1.82) is 0 Å². The molecule has 3 atom stereocenters. The summed E-state index contributed by atoms with van der Waals surface area (Å²) in [5.41, 5.74) is 0. The number of esters is 2. The molecule has 328 valence electrons. The molecule has 0 rings (SSSR count). The maximum atomic E-state index is 12.6. The number of carbonyl (C=O) groups excluding carboxylic acids is 2. The minimum absolute atomic E-state index is 0.183. The van der Waals surface area contributed by atoms with Gasteiger partial charge in [0.15, 0.2) is 6.10 Å². The van der Waals surface area contributed by atoms with E-state index >= 15 is 0 Å². The number of ether oxygens (including phenoxy) is 2. The van der Waals surface area contributed by atoms with Gasteiger partial charge in [-0.15, -0.1) is 0 Å². The lowest BCUT2D eigenvalue weighted by molar-refractivity contribution is -0.161. The van der Waals surface area contributed by atoms with E-state index in [-0.39, 0.29) is 19.4 Å². The normalized spacial score (nSPS) is 14.2. The second-order valence-electron chi connectivity index (χ2n) is 15.1. The first-order valence-corrected chi connectivity index (χ1v) is 23.9. The molecular weight excluding hydrogens is 731 g/mol. The van der Waals surface area contributed by atoms with Gasteiger partial charge in [0, 0.05) is 12.8 Å². The molecule has 0 aliphatic rings. The lowest BCUT2D eigenvalue weighted by Crippen LogP contribution is -2.29. The Morgan fingerprint density at radius 1 is 0.554 bits per heavy atom. The number of allylic oxidation sites excluding steroid dienone is 6. The van der Waals surface area contributed by atoms with E-state index in [9.17, 15) is 24.2 Å². The third kappa shape index (κ3) is 40.4. The van der Waals surface area contributed by atoms with Crippen molar-refractivity contribution in [3.8, 4) is 0 Å². The maximum absolute atomic E-state index is 12.6. The molecule has 0 bridgehead atoms. The number of carbonyl (C=O) groups is 2. The largest absolute Gasteiger partial charge is 0.472 e. The van der Waals surface area contributed by atoms with Crippen LogP contribution in [0.25, 0.3) is 0 Å². The van der Waals surface area contributed by atoms with E-state index < -0.39 is 51.8 Å². The Morgan fingerprint density at radius 2 is 0.982 bits per heavy atom. The highest BCUT2D eigenvalue weighted by molar-refractivity contribution is 7.47. The summed E-state index contributed by atoms with van der Waals surface area (Å²) in [6.07, 6.45) is 42.5. The average Bonchev–Trinajstić information content (AvgIpc) is 3.19. The Morgan fingerprint density at radius 3 is 1.48 bits per heavy atom. The van der Waals surface area contributed by atoms with Crippen molar-refractivity contribution in [2.75, 3.05) is 26.4 Å². The highest BCUT2D eigenvalue weighted by atomic mass is 31.2. The number of hydrogen-bond donors (Lipinski definition) is 3. The standard InChI is InChI=1S/C45H83O10P/c1-3-5-7-9-11-13-15-17-19-20-21-23-25-27-29-31-33-35-37-45(49)55-43(41-54-56(50,51)53-39-42(47)38-46)40-52-44(48)36-34-32-30-28-26-24-22-18-16-14-12-10-8-6-4-2/h6,8,12,14,18,22,42-43,46-47H,3-5,7,9-11,13,15-17,19-21,23-41H2,1-2H3,(H,50,51)/b8-6+,14-12+,22-18+/t42-,43+/m0/s1. The predicted octanol–water partition coefficient (Wildman–Crippen LogP) is 11.9. The second-order valence-corrected chi connectivity index (χ2v) is 16.5. The first-order valence-electron chi connectivity index (χ1n) is 22.4. The van der Waals surface area contributed by atoms with Crippen molar-refractivity contribution in [3.63, 3.8) is 0 Å². The summed E-state index contributed by atoms with van der Waals surface area (Å²) in [4.78, 5) is 35.0. The van der Waals surface area contributed by atoms with Gasteiger partial charge in [-0.25, -0.2) is 4.57 Å². The molecule has 0 aliphatic heterocycles. The van der Waals surface area contributed by atoms with Crippen LogP contribution in [0.2, 0.25) is 0 Å². The van der Waals surface area contributed by atoms with Gasteiger partial charge in [0.05, 0.1) is 19.8 Å². The Hall–Kier alpha value is -1.81. The number of rotatable bonds is 42. The van der Waals surface area contributed by atoms with Crippen molar-refractivity contribution >= 4 is 19.8 Å². The summed E-state index contributed by atoms with van der Waals surface area (Å²) in [5, 5.41) is 18.3. The van der Waals surface area contributed by atoms with Gasteiger partial charge in [0.1, 0.15) is 12.7 Å². The topological polar surface area (TPSA) is 149 Å². The summed E-state index contributed by atoms with van der Waals surface area (Å²) in [7, 11) is -4.62. The minimum Gasteiger partial charge on any atom is -0.462 e. The van der Waals surface area contributed by atoms with Crippen LogP contribution in [0, 0.1) is 0 Å². The lowest BCUT2D eigenvalue weighted by Gasteiger charge is -2.20. The van der Waals surface area contributed by atoms with Gasteiger partial charge < -0.3 is 24.6 Å². The van der Waals surface area contributed by atoms with Gasteiger partial charge in [0.2, 0.25) is 0 Å². The SMILES string of the molecule is CC/C=C/C/C=C/C/C=C/CCCCCCCC(=O)OC[C@H](COP(=O)(O)OC[C@@H](O)CO)OC(=O)CCCCCCCCCCCCCCCCCCCC. The van der Waals surface area contributed by atoms with Crippen LogP contribution in [0.1, 0.15) is 200 Å². The fourth-order valence-electron chi connectivity index (χ4n) is 6.13. The Kier molecular flexibility index (Phi) is 40.0. The van der Waals surface area contributed by atoms with Gasteiger partial charge in [-0.3, -0.25) is 18.6 Å². The van der Waals surface area contributed by atoms with Gasteiger partial charge in [-0.1, -0.05) is 179 Å². The van der Waals surface area contributed by atoms with Crippen LogP contribution in [0.4, 0.5) is 0 Å². The van der Waals surface area contributed by atoms with E-state index in [1.807, 2.05) is 0 Å². The molecule has 0 saturated carbocycles. The minimum atomic E-state index is -4.62. The van der Waals surface area contributed by atoms with E-state index in [2.05, 4.69) is 50.3 Å². The van der Waals surface area contributed by atoms with Crippen LogP contribution in [0.3, 0.4) is 0 Å². The Bertz CT molecular complexity index is 1030. The van der Waals surface area contributed by atoms with E-state index in [4.69, 9.17) is 23.6 Å². The zero-order valence-corrected chi connectivity index (χ0v) is 36.5. The number of phosphoric acid groups is 1. The molecule has 10 nitrogen and oxygen atoms in total. The zero-order valence-electron chi connectivity index (χ0n) is 35.6. The number of aliphatic hydroxyl groups excluding tert-OH is 2. The molecule has 1 unspecified atom stereocenters. The second kappa shape index (κ2) is 41.4. The molecular formula is C45H83O10P. The van der Waals surface area contributed by atoms with Crippen LogP contribution in [-0.2, 0) is 32.7 Å². The van der Waals surface area contributed by atoms with Gasteiger partial charge in [0.25, 0.3) is 0 Å². The van der Waals surface area contributed by atoms with E-state index in [0.717, 1.165) is 70.6 Å². The van der Waals surface area contributed by atoms with Gasteiger partial charge in [-0.05, 0) is 44.9 Å². The van der Waals surface area contributed by atoms with Crippen molar-refractivity contribution in [3.05, 3.63) is 36.5 Å². The summed E-state index contributed by atoms with van der Waals surface area (Å²) in [6.45, 7) is 2.27. The van der Waals surface area contributed by atoms with Crippen molar-refractivity contribution in [1.82, 2.24) is 0 Å². The molecule has 11 heteroatoms. The Balaban J connectivity index is 4.26. The first kappa shape index (κ1) is 54.2. The number of phosphoric ester groups is 1. The molecule has 3 N–H and O–H groups in total. The number of hydrogen-bond acceptors (Lipinski definition) is 9. The molecule has 0 radical (unpaired) electrons. The fourth-order valence-corrected chi connectivity index (χ4v) is 6.92. The summed E-state index contributed by atoms with van der Waals surface area (Å²) in [6, 6.07) is 0. The third-order valence-corrected chi connectivity index (χ3v) is 10.5. The smallest absolute Gasteiger partial charge is 0.462 e. The van der Waals surface area contributed by atoms with Crippen LogP contribution in [-0.4, -0.2) is 65.7 Å². The molecule has 0 saturated heterocycles. The summed E-state index contributed by atoms with van der Waals surface area (Å²) >= 11 is 0. The van der Waals surface area contributed by atoms with Crippen LogP contribution in [0.15, 0.2) is 36.5 Å². The average molecular weight is 815 g/mol. The molecule has 0 aliphatic carbocycles. The van der Waals surface area contributed by atoms with Gasteiger partial charge in [-0.2, -0.15) is 0 Å². The molecule has 0 aromatic rings. The van der Waals surface area contributed by atoms with Crippen molar-refractivity contribution in [2.24, 2.45) is 0 Å². The fraction of sp³-hybridized carbons (Fsp3) is 0.822. The van der Waals surface area contributed by atoms with E-state index in [1.54, 1.807) is 0 Å². The van der Waals surface area contributed by atoms with Crippen LogP contribution in [0.5, 0.6) is 0 Å². The highest BCUT2D eigenvalue weighted by Crippen LogP contribution is 2.43. The van der Waals surface area contributed by atoms with E-state index in [1.165, 1.54) is 89.9 Å². The molecule has 0 heterocycles. The van der Waals surface area contributed by atoms with E-state index in [0.29, 0.717) is 12.8 Å². The summed E-state index contributed by atoms with van der Waals surface area (Å²) < 4.78 is 32.7. The van der Waals surface area contributed by atoms with Crippen molar-refractivity contribution in [2.45, 2.75) is 212 Å². The van der Waals surface area contributed by atoms with Crippen molar-refractivity contribution < 1.29 is 47.8 Å². The summed E-state index contributed by atoms with van der Waals surface area (Å²) in [5.74, 6) is -0.938. The first-order chi connectivity index (χ1) is 27.2. The highest BCUT2D eigenvalue weighted by Gasteiger charge is 2.27. The Labute approximate surface area is 341 Å². The predicted molar refractivity (Wildman–Crippen MR) is 228 cm³/mol. The number of unbranched alkanes of at least 4 members (excludes halogenated alkanes) is 22. The van der Waals surface area contributed by atoms with Crippen LogP contribution < -0.4 is 0 Å². The molecule has 0 aromatic heterocycles. The quantitative estimate of drug-likeness (QED) is 0.0235. The molecule has 0 fully saturated rings. The molecule has 0 aromatic carbocycles. The maximum Gasteiger partial charge on any atom is 0.472 e.